The van der Waals surface area contributed by atoms with E-state index in [-0.39, 0.29) is 47.5 Å². The molecule has 612 valence electrons. The predicted molar refractivity (Wildman–Crippen MR) is 463 cm³/mol. The van der Waals surface area contributed by atoms with Crippen LogP contribution in [0.15, 0.2) is 58.3 Å². The average Bonchev–Trinajstić information content (AvgIpc) is 0.849. The number of rotatable bonds is 84. The summed E-state index contributed by atoms with van der Waals surface area (Å²) in [4.78, 5) is -0.0801. The maximum Gasteiger partial charge on any atom is 2.00 e. The minimum absolute atomic E-state index is 0. The van der Waals surface area contributed by atoms with Gasteiger partial charge in [0.2, 0.25) is 0 Å². The summed E-state index contributed by atoms with van der Waals surface area (Å²) < 4.78 is 68.4. The van der Waals surface area contributed by atoms with Crippen LogP contribution in [0.2, 0.25) is 0 Å². The summed E-state index contributed by atoms with van der Waals surface area (Å²) in [6, 6.07) is 13.3. The van der Waals surface area contributed by atoms with Crippen LogP contribution in [0.5, 0.6) is 0 Å². The Bertz CT molecular complexity index is 2080. The Morgan fingerprint density at radius 1 is 0.181 bits per heavy atom. The third-order valence-electron chi connectivity index (χ3n) is 23.1. The molecule has 0 N–H and O–H groups in total. The normalized spacial score (nSPS) is 11.8. The number of unbranched alkanes of at least 4 members (excludes halogenated alkanes) is 78. The van der Waals surface area contributed by atoms with E-state index >= 15 is 0 Å². The van der Waals surface area contributed by atoms with E-state index < -0.39 is 20.2 Å². The van der Waals surface area contributed by atoms with Crippen LogP contribution in [0.1, 0.15) is 539 Å². The summed E-state index contributed by atoms with van der Waals surface area (Å²) in [5, 5.41) is 0. The Kier molecular flexibility index (Phi) is 84.0. The first-order valence-corrected chi connectivity index (χ1v) is 50.0. The summed E-state index contributed by atoms with van der Waals surface area (Å²) in [7, 11) is -8.74. The van der Waals surface area contributed by atoms with Gasteiger partial charge in [0.15, 0.2) is 0 Å². The molecule has 0 bridgehead atoms. The van der Waals surface area contributed by atoms with Crippen LogP contribution in [-0.2, 0) is 33.1 Å². The fourth-order valence-corrected chi connectivity index (χ4v) is 17.6. The van der Waals surface area contributed by atoms with E-state index in [1.165, 1.54) is 500 Å². The van der Waals surface area contributed by atoms with Crippen molar-refractivity contribution in [2.24, 2.45) is 0 Å². The Hall–Kier alpha value is -0.480. The summed E-state index contributed by atoms with van der Waals surface area (Å²) in [6.07, 6.45) is 115. The molecular weight excluding hydrogens is 1350 g/mol. The molecule has 2 aromatic carbocycles. The van der Waals surface area contributed by atoms with Crippen molar-refractivity contribution in [3.05, 3.63) is 59.7 Å². The van der Waals surface area contributed by atoms with Crippen LogP contribution in [-0.4, -0.2) is 63.7 Å². The number of aryl methyl sites for hydroxylation is 2. The van der Waals surface area contributed by atoms with Crippen molar-refractivity contribution >= 4 is 58.0 Å². The van der Waals surface area contributed by atoms with Crippen molar-refractivity contribution < 1.29 is 25.9 Å². The van der Waals surface area contributed by atoms with Crippen molar-refractivity contribution in [2.45, 2.75) is 550 Å². The summed E-state index contributed by atoms with van der Waals surface area (Å²) in [5.74, 6) is 0. The van der Waals surface area contributed by atoms with Gasteiger partial charge in [-0.3, -0.25) is 0 Å². The minimum Gasteiger partial charge on any atom is -0.744 e. The molecule has 0 radical (unpaired) electrons. The van der Waals surface area contributed by atoms with Gasteiger partial charge in [-0.1, -0.05) is 551 Å². The van der Waals surface area contributed by atoms with Crippen molar-refractivity contribution in [3.63, 3.8) is 0 Å². The Morgan fingerprint density at radius 3 is 0.400 bits per heavy atom. The van der Waals surface area contributed by atoms with E-state index in [1.807, 2.05) is 12.1 Å². The molecule has 0 heterocycles. The smallest absolute Gasteiger partial charge is 0.744 e. The summed E-state index contributed by atoms with van der Waals surface area (Å²) in [6.45, 7) is 4.61. The molecule has 0 aliphatic rings. The summed E-state index contributed by atoms with van der Waals surface area (Å²) >= 11 is 0. The molecule has 0 aromatic heterocycles. The Balaban J connectivity index is 0.00000204. The van der Waals surface area contributed by atoms with Crippen molar-refractivity contribution in [1.82, 2.24) is 0 Å². The van der Waals surface area contributed by atoms with Gasteiger partial charge in [-0.15, -0.1) is 0 Å². The first-order valence-electron chi connectivity index (χ1n) is 47.2. The first-order chi connectivity index (χ1) is 51.1. The third kappa shape index (κ3) is 77.3. The standard InChI is InChI=1S/2C48H90O3S.Ca/c2*1-2-3-4-5-6-7-8-9-10-11-12-13-14-15-16-17-18-19-20-21-22-23-24-25-26-27-28-29-30-31-32-33-34-35-36-37-38-39-40-41-44-47-45-42-43-46-48(47)52(49,50)51;/h2*42-43,45-46H,2-41,44H2,1H3,(H,49,50,51);/q;;+2/p-2. The van der Waals surface area contributed by atoms with E-state index in [1.54, 1.807) is 24.3 Å². The minimum atomic E-state index is -4.37. The van der Waals surface area contributed by atoms with Crippen LogP contribution in [0.25, 0.3) is 0 Å². The van der Waals surface area contributed by atoms with Gasteiger partial charge < -0.3 is 9.11 Å². The van der Waals surface area contributed by atoms with E-state index in [9.17, 15) is 25.9 Å². The molecule has 0 aliphatic heterocycles. The van der Waals surface area contributed by atoms with Gasteiger partial charge in [-0.05, 0) is 48.9 Å². The topological polar surface area (TPSA) is 114 Å². The van der Waals surface area contributed by atoms with Gasteiger partial charge in [-0.25, -0.2) is 16.8 Å². The van der Waals surface area contributed by atoms with Gasteiger partial charge in [0.05, 0.1) is 9.79 Å². The number of hydrogen-bond acceptors (Lipinski definition) is 6. The van der Waals surface area contributed by atoms with Gasteiger partial charge in [-0.2, -0.15) is 0 Å². The van der Waals surface area contributed by atoms with E-state index in [0.29, 0.717) is 24.0 Å². The molecule has 0 saturated carbocycles. The first kappa shape index (κ1) is 105. The number of benzene rings is 2. The second kappa shape index (κ2) is 84.4. The summed E-state index contributed by atoms with van der Waals surface area (Å²) in [5.41, 5.74) is 1.35. The second-order valence-electron chi connectivity index (χ2n) is 33.2. The largest absolute Gasteiger partial charge is 2.00 e. The molecule has 105 heavy (non-hydrogen) atoms. The molecule has 9 heteroatoms. The van der Waals surface area contributed by atoms with Crippen LogP contribution in [0.3, 0.4) is 0 Å². The van der Waals surface area contributed by atoms with Crippen molar-refractivity contribution in [2.75, 3.05) is 0 Å². The van der Waals surface area contributed by atoms with Crippen LogP contribution in [0.4, 0.5) is 0 Å². The predicted octanol–water partition coefficient (Wildman–Crippen LogP) is 33.1. The molecule has 0 unspecified atom stereocenters. The fraction of sp³-hybridized carbons (Fsp3) is 0.875. The molecule has 0 atom stereocenters. The second-order valence-corrected chi connectivity index (χ2v) is 35.9. The van der Waals surface area contributed by atoms with Crippen molar-refractivity contribution in [1.29, 1.82) is 0 Å². The van der Waals surface area contributed by atoms with E-state index in [2.05, 4.69) is 13.8 Å². The van der Waals surface area contributed by atoms with Crippen molar-refractivity contribution in [3.8, 4) is 0 Å². The molecule has 0 spiro atoms. The molecular formula is C96H178CaO6S2. The van der Waals surface area contributed by atoms with Gasteiger partial charge in [0.1, 0.15) is 20.2 Å². The Morgan fingerprint density at radius 2 is 0.286 bits per heavy atom. The molecule has 0 fully saturated rings. The van der Waals surface area contributed by atoms with Crippen LogP contribution < -0.4 is 0 Å². The maximum atomic E-state index is 11.4. The van der Waals surface area contributed by atoms with Gasteiger partial charge in [0, 0.05) is 0 Å². The molecule has 2 aromatic rings. The van der Waals surface area contributed by atoms with Crippen LogP contribution >= 0.6 is 0 Å². The fourth-order valence-electron chi connectivity index (χ4n) is 16.1. The molecule has 0 aliphatic carbocycles. The maximum absolute atomic E-state index is 11.4. The monoisotopic (exact) mass is 1530 g/mol. The van der Waals surface area contributed by atoms with Crippen LogP contribution in [0, 0.1) is 0 Å². The third-order valence-corrected chi connectivity index (χ3v) is 25.0. The SMILES string of the molecule is CCCCCCCCCCCCCCCCCCCCCCCCCCCCCCCCCCCCCCCCCCc1ccccc1S(=O)(=O)[O-].CCCCCCCCCCCCCCCCCCCCCCCCCCCCCCCCCCCCCCCCCCc1ccccc1S(=O)(=O)[O-].[Ca+2]. The zero-order valence-corrected chi connectivity index (χ0v) is 74.4. The quantitative estimate of drug-likeness (QED) is 0.0370. The molecule has 0 saturated heterocycles. The van der Waals surface area contributed by atoms with E-state index in [0.717, 1.165) is 25.7 Å². The molecule has 0 amide bonds. The zero-order valence-electron chi connectivity index (χ0n) is 70.6. The number of hydrogen-bond donors (Lipinski definition) is 0. The Labute approximate surface area is 688 Å². The zero-order chi connectivity index (χ0) is 74.9. The molecule has 2 rings (SSSR count). The van der Waals surface area contributed by atoms with Gasteiger partial charge in [0.25, 0.3) is 0 Å². The van der Waals surface area contributed by atoms with Gasteiger partial charge >= 0.3 is 37.7 Å². The average molecular weight is 1530 g/mol. The van der Waals surface area contributed by atoms with E-state index in [4.69, 9.17) is 0 Å². The molecule has 6 nitrogen and oxygen atoms in total.